The predicted octanol–water partition coefficient (Wildman–Crippen LogP) is 7.40. The summed E-state index contributed by atoms with van der Waals surface area (Å²) in [5.41, 5.74) is 3.44. The summed E-state index contributed by atoms with van der Waals surface area (Å²) in [6, 6.07) is 11.6. The minimum Gasteiger partial charge on any atom is -0.434 e. The van der Waals surface area contributed by atoms with Crippen LogP contribution in [0, 0.1) is 0 Å². The van der Waals surface area contributed by atoms with E-state index in [2.05, 4.69) is 24.1 Å². The molecule has 4 rings (SSSR count). The van der Waals surface area contributed by atoms with Crippen molar-refractivity contribution in [2.45, 2.75) is 69.4 Å². The van der Waals surface area contributed by atoms with Gasteiger partial charge in [-0.1, -0.05) is 44.6 Å². The van der Waals surface area contributed by atoms with Gasteiger partial charge in [-0.3, -0.25) is 9.00 Å². The molecular formula is C35H41F2N3O5S. The second-order valence-electron chi connectivity index (χ2n) is 10.7. The number of nitrogens with zero attached hydrogens (tertiary/aromatic N) is 2. The molecule has 246 valence electrons. The first-order valence-electron chi connectivity index (χ1n) is 15.5. The number of ether oxygens (including phenoxy) is 3. The van der Waals surface area contributed by atoms with Crippen LogP contribution in [0.1, 0.15) is 56.4 Å². The van der Waals surface area contributed by atoms with Gasteiger partial charge in [0, 0.05) is 41.6 Å². The number of amides is 1. The zero-order chi connectivity index (χ0) is 32.7. The van der Waals surface area contributed by atoms with Crippen LogP contribution >= 0.6 is 0 Å². The van der Waals surface area contributed by atoms with Crippen molar-refractivity contribution < 1.29 is 32.0 Å². The maximum atomic E-state index is 13.1. The van der Waals surface area contributed by atoms with Gasteiger partial charge < -0.3 is 24.1 Å². The third-order valence-electron chi connectivity index (χ3n) is 7.16. The lowest BCUT2D eigenvalue weighted by molar-refractivity contribution is -0.111. The van der Waals surface area contributed by atoms with Crippen molar-refractivity contribution in [2.75, 3.05) is 25.1 Å². The van der Waals surface area contributed by atoms with E-state index >= 15 is 0 Å². The van der Waals surface area contributed by atoms with Crippen molar-refractivity contribution in [3.8, 4) is 5.75 Å². The van der Waals surface area contributed by atoms with Crippen LogP contribution in [-0.4, -0.2) is 52.2 Å². The minimum atomic E-state index is -3.01. The Labute approximate surface area is 271 Å². The zero-order valence-electron chi connectivity index (χ0n) is 26.2. The first-order chi connectivity index (χ1) is 22.4. The number of unbranched alkanes of at least 4 members (excludes halogenated alkanes) is 1. The maximum absolute atomic E-state index is 13.1. The smallest absolute Gasteiger partial charge is 0.387 e. The molecule has 0 saturated heterocycles. The highest BCUT2D eigenvalue weighted by molar-refractivity contribution is 7.84. The van der Waals surface area contributed by atoms with E-state index in [1.807, 2.05) is 22.8 Å². The topological polar surface area (TPSA) is 91.7 Å². The van der Waals surface area contributed by atoms with Gasteiger partial charge in [0.1, 0.15) is 5.75 Å². The fourth-order valence-corrected chi connectivity index (χ4v) is 5.89. The monoisotopic (exact) mass is 653 g/mol. The summed E-state index contributed by atoms with van der Waals surface area (Å²) in [5.74, 6) is -0.160. The quantitative estimate of drug-likeness (QED) is 0.114. The molecule has 0 radical (unpaired) electrons. The Kier molecular flexibility index (Phi) is 13.9. The number of halogens is 2. The van der Waals surface area contributed by atoms with Crippen molar-refractivity contribution in [2.24, 2.45) is 0 Å². The lowest BCUT2D eigenvalue weighted by atomic mass is 9.96. The molecule has 1 aromatic heterocycles. The second-order valence-corrected chi connectivity index (χ2v) is 12.1. The van der Waals surface area contributed by atoms with Crippen molar-refractivity contribution in [1.82, 2.24) is 9.55 Å². The standard InChI is InChI=1S/C35H41F2N3O5S/c1-3-5-19-43-20-21-44-31-12-6-26(7-13-31)27-8-16-33(45-35(36)37)28(22-27)9-17-34(41)39-29-10-14-32(15-11-29)46(42)24-30-23-38-25-40(30)18-4-2/h6-12,14-17,22-23,25,31,35H,3-5,13,18-21,24H2,1-2H3,(H,39,41)/b17-9+. The van der Waals surface area contributed by atoms with Gasteiger partial charge in [0.2, 0.25) is 5.91 Å². The minimum absolute atomic E-state index is 0.0421. The largest absolute Gasteiger partial charge is 0.434 e. The highest BCUT2D eigenvalue weighted by atomic mass is 32.2. The van der Waals surface area contributed by atoms with Gasteiger partial charge in [0.25, 0.3) is 0 Å². The third-order valence-corrected chi connectivity index (χ3v) is 8.52. The summed E-state index contributed by atoms with van der Waals surface area (Å²) in [4.78, 5) is 17.5. The van der Waals surface area contributed by atoms with Gasteiger partial charge >= 0.3 is 6.61 Å². The van der Waals surface area contributed by atoms with Crippen LogP contribution in [0.4, 0.5) is 14.5 Å². The van der Waals surface area contributed by atoms with E-state index in [0.717, 1.165) is 49.2 Å². The molecule has 1 aliphatic carbocycles. The summed E-state index contributed by atoms with van der Waals surface area (Å²) >= 11 is 0. The number of aryl methyl sites for hydroxylation is 1. The number of anilines is 1. The van der Waals surface area contributed by atoms with E-state index in [1.165, 1.54) is 18.2 Å². The van der Waals surface area contributed by atoms with E-state index in [4.69, 9.17) is 14.2 Å². The Morgan fingerprint density at radius 1 is 1.13 bits per heavy atom. The Balaban J connectivity index is 1.35. The van der Waals surface area contributed by atoms with E-state index < -0.39 is 23.3 Å². The van der Waals surface area contributed by atoms with Crippen LogP contribution in [0.15, 0.2) is 84.2 Å². The van der Waals surface area contributed by atoms with Crippen LogP contribution in [0.5, 0.6) is 5.75 Å². The lowest BCUT2D eigenvalue weighted by Gasteiger charge is -2.18. The molecule has 1 amide bonds. The number of allylic oxidation sites excluding steroid dienone is 2. The molecule has 1 N–H and O–H groups in total. The summed E-state index contributed by atoms with van der Waals surface area (Å²) in [5, 5.41) is 2.75. The third kappa shape index (κ3) is 10.9. The predicted molar refractivity (Wildman–Crippen MR) is 177 cm³/mol. The molecule has 1 heterocycles. The van der Waals surface area contributed by atoms with E-state index in [0.29, 0.717) is 41.5 Å². The first kappa shape index (κ1) is 34.9. The molecule has 8 nitrogen and oxygen atoms in total. The zero-order valence-corrected chi connectivity index (χ0v) is 27.0. The van der Waals surface area contributed by atoms with Gasteiger partial charge in [0.15, 0.2) is 0 Å². The van der Waals surface area contributed by atoms with Crippen molar-refractivity contribution in [1.29, 1.82) is 0 Å². The molecule has 2 unspecified atom stereocenters. The molecule has 2 atom stereocenters. The Bertz CT molecular complexity index is 1540. The molecule has 0 aliphatic heterocycles. The highest BCUT2D eigenvalue weighted by Crippen LogP contribution is 2.29. The molecular weight excluding hydrogens is 612 g/mol. The molecule has 3 aromatic rings. The number of aromatic nitrogens is 2. The van der Waals surface area contributed by atoms with E-state index in [1.54, 1.807) is 48.9 Å². The van der Waals surface area contributed by atoms with Gasteiger partial charge in [-0.2, -0.15) is 8.78 Å². The number of imidazole rings is 1. The Morgan fingerprint density at radius 2 is 1.96 bits per heavy atom. The number of carbonyl (C=O) groups is 1. The average Bonchev–Trinajstić information content (AvgIpc) is 3.49. The average molecular weight is 654 g/mol. The van der Waals surface area contributed by atoms with Crippen molar-refractivity contribution >= 4 is 34.0 Å². The molecule has 0 spiro atoms. The summed E-state index contributed by atoms with van der Waals surface area (Å²) < 4.78 is 57.3. The summed E-state index contributed by atoms with van der Waals surface area (Å²) in [6.45, 7) is 3.78. The van der Waals surface area contributed by atoms with Crippen LogP contribution in [0.3, 0.4) is 0 Å². The van der Waals surface area contributed by atoms with Gasteiger partial charge in [-0.25, -0.2) is 4.98 Å². The van der Waals surface area contributed by atoms with Crippen LogP contribution < -0.4 is 10.1 Å². The van der Waals surface area contributed by atoms with Gasteiger partial charge in [-0.05, 0) is 72.9 Å². The number of nitrogens with one attached hydrogen (secondary N) is 1. The van der Waals surface area contributed by atoms with E-state index in [-0.39, 0.29) is 11.9 Å². The molecule has 0 saturated carbocycles. The molecule has 0 bridgehead atoms. The lowest BCUT2D eigenvalue weighted by Crippen LogP contribution is -2.15. The summed E-state index contributed by atoms with van der Waals surface area (Å²) in [7, 11) is -1.28. The molecule has 46 heavy (non-hydrogen) atoms. The van der Waals surface area contributed by atoms with Crippen LogP contribution in [-0.2, 0) is 37.4 Å². The highest BCUT2D eigenvalue weighted by Gasteiger charge is 2.14. The second kappa shape index (κ2) is 18.3. The maximum Gasteiger partial charge on any atom is 0.387 e. The van der Waals surface area contributed by atoms with Crippen LogP contribution in [0.25, 0.3) is 11.6 Å². The van der Waals surface area contributed by atoms with Crippen LogP contribution in [0.2, 0.25) is 0 Å². The molecule has 1 aliphatic rings. The first-order valence-corrected chi connectivity index (χ1v) is 16.8. The van der Waals surface area contributed by atoms with Crippen molar-refractivity contribution in [3.05, 3.63) is 96.1 Å². The summed E-state index contributed by atoms with van der Waals surface area (Å²) in [6.07, 6.45) is 15.8. The number of carbonyl (C=O) groups excluding carboxylic acids is 1. The number of hydrogen-bond acceptors (Lipinski definition) is 6. The van der Waals surface area contributed by atoms with E-state index in [9.17, 15) is 17.8 Å². The Hall–Kier alpha value is -3.93. The number of alkyl halides is 2. The molecule has 11 heteroatoms. The van der Waals surface area contributed by atoms with Gasteiger partial charge in [0.05, 0.1) is 47.9 Å². The number of rotatable bonds is 18. The normalized spacial score (nSPS) is 15.3. The SMILES string of the molecule is CCCCOCCOC1C=CC(c2ccc(OC(F)F)c(/C=C/C(=O)Nc3ccc(S(=O)Cc4cncn4CCC)cc3)c2)=CC1. The number of hydrogen-bond donors (Lipinski definition) is 1. The van der Waals surface area contributed by atoms with Gasteiger partial charge in [-0.15, -0.1) is 0 Å². The molecule has 2 aromatic carbocycles. The number of benzene rings is 2. The fourth-order valence-electron chi connectivity index (χ4n) is 4.77. The Morgan fingerprint density at radius 3 is 2.67 bits per heavy atom. The fraction of sp³-hybridized carbons (Fsp3) is 0.371. The van der Waals surface area contributed by atoms with Crippen molar-refractivity contribution in [3.63, 3.8) is 0 Å². The molecule has 0 fully saturated rings.